The van der Waals surface area contributed by atoms with Crippen molar-refractivity contribution in [3.05, 3.63) is 59.9 Å². The average Bonchev–Trinajstić information content (AvgIpc) is 3.03. The molecule has 3 heterocycles. The molecule has 3 amide bonds. The Balaban J connectivity index is 1.42. The first-order chi connectivity index (χ1) is 16.4. The van der Waals surface area contributed by atoms with Crippen LogP contribution in [0.2, 0.25) is 0 Å². The van der Waals surface area contributed by atoms with E-state index in [1.165, 1.54) is 10.5 Å². The molecule has 2 saturated heterocycles. The number of imide groups is 1. The Morgan fingerprint density at radius 3 is 2.41 bits per heavy atom. The Hall–Kier alpha value is -2.93. The quantitative estimate of drug-likeness (QED) is 0.525. The molecule has 2 aliphatic heterocycles. The van der Waals surface area contributed by atoms with Gasteiger partial charge in [-0.1, -0.05) is 32.0 Å². The number of hydrogen-bond acceptors (Lipinski definition) is 5. The average molecular weight is 465 g/mol. The van der Waals surface area contributed by atoms with Crippen LogP contribution in [0.5, 0.6) is 5.75 Å². The number of benzene rings is 1. The highest BCUT2D eigenvalue weighted by Crippen LogP contribution is 2.38. The summed E-state index contributed by atoms with van der Waals surface area (Å²) in [6, 6.07) is 12.0. The number of hydrogen-bond donors (Lipinski definition) is 0. The molecule has 1 aromatic heterocycles. The molecule has 0 unspecified atom stereocenters. The van der Waals surface area contributed by atoms with Gasteiger partial charge in [0.25, 0.3) is 5.91 Å². The van der Waals surface area contributed by atoms with Gasteiger partial charge in [-0.05, 0) is 60.9 Å². The molecule has 2 fully saturated rings. The number of ether oxygens (including phenoxy) is 1. The number of aryl methyl sites for hydroxylation is 1. The molecule has 182 valence electrons. The van der Waals surface area contributed by atoms with Crippen molar-refractivity contribution in [2.24, 2.45) is 5.92 Å². The van der Waals surface area contributed by atoms with Crippen molar-refractivity contribution < 1.29 is 14.3 Å². The van der Waals surface area contributed by atoms with Crippen LogP contribution in [0, 0.1) is 5.92 Å². The van der Waals surface area contributed by atoms with Gasteiger partial charge in [0.1, 0.15) is 11.3 Å². The third kappa shape index (κ3) is 5.09. The number of methoxy groups -OCH3 is 1. The number of pyridine rings is 1. The van der Waals surface area contributed by atoms with Crippen LogP contribution < -0.4 is 4.74 Å². The van der Waals surface area contributed by atoms with E-state index in [9.17, 15) is 9.59 Å². The lowest BCUT2D eigenvalue weighted by Crippen LogP contribution is -2.57. The van der Waals surface area contributed by atoms with Crippen LogP contribution in [-0.2, 0) is 17.8 Å². The van der Waals surface area contributed by atoms with Crippen molar-refractivity contribution in [1.82, 2.24) is 19.7 Å². The molecule has 0 radical (unpaired) electrons. The van der Waals surface area contributed by atoms with Gasteiger partial charge in [-0.15, -0.1) is 0 Å². The highest BCUT2D eigenvalue weighted by molar-refractivity contribution is 6.07. The van der Waals surface area contributed by atoms with Crippen molar-refractivity contribution in [1.29, 1.82) is 0 Å². The Morgan fingerprint density at radius 1 is 1.06 bits per heavy atom. The minimum Gasteiger partial charge on any atom is -0.497 e. The van der Waals surface area contributed by atoms with Crippen LogP contribution in [-0.4, -0.2) is 70.4 Å². The summed E-state index contributed by atoms with van der Waals surface area (Å²) >= 11 is 0. The number of aromatic nitrogens is 1. The summed E-state index contributed by atoms with van der Waals surface area (Å²) in [5.74, 6) is 1.15. The van der Waals surface area contributed by atoms with E-state index in [0.29, 0.717) is 31.8 Å². The lowest BCUT2D eigenvalue weighted by atomic mass is 9.85. The second-order valence-corrected chi connectivity index (χ2v) is 9.86. The van der Waals surface area contributed by atoms with Gasteiger partial charge in [-0.25, -0.2) is 4.79 Å². The van der Waals surface area contributed by atoms with Gasteiger partial charge >= 0.3 is 6.03 Å². The van der Waals surface area contributed by atoms with E-state index in [0.717, 1.165) is 43.8 Å². The van der Waals surface area contributed by atoms with Gasteiger partial charge < -0.3 is 9.64 Å². The highest BCUT2D eigenvalue weighted by Gasteiger charge is 2.57. The fourth-order valence-electron chi connectivity index (χ4n) is 5.14. The van der Waals surface area contributed by atoms with Gasteiger partial charge in [0.2, 0.25) is 0 Å². The number of nitrogens with zero attached hydrogens (tertiary/aromatic N) is 4. The highest BCUT2D eigenvalue weighted by atomic mass is 16.5. The van der Waals surface area contributed by atoms with Crippen molar-refractivity contribution in [2.45, 2.75) is 51.6 Å². The van der Waals surface area contributed by atoms with Gasteiger partial charge in [-0.3, -0.25) is 19.6 Å². The van der Waals surface area contributed by atoms with E-state index >= 15 is 0 Å². The zero-order valence-electron chi connectivity index (χ0n) is 20.6. The molecule has 1 spiro atoms. The summed E-state index contributed by atoms with van der Waals surface area (Å²) < 4.78 is 5.25. The minimum atomic E-state index is -0.702. The van der Waals surface area contributed by atoms with Crippen LogP contribution in [0.3, 0.4) is 0 Å². The number of piperidine rings is 1. The molecule has 2 aliphatic rings. The van der Waals surface area contributed by atoms with Crippen LogP contribution in [0.25, 0.3) is 0 Å². The molecule has 2 aromatic rings. The lowest BCUT2D eigenvalue weighted by molar-refractivity contribution is -0.135. The Kier molecular flexibility index (Phi) is 7.51. The Labute approximate surface area is 202 Å². The minimum absolute atomic E-state index is 0.00608. The number of carbonyl (C=O) groups is 2. The van der Waals surface area contributed by atoms with Crippen molar-refractivity contribution in [3.63, 3.8) is 0 Å². The number of urea groups is 1. The SMILES string of the molecule is COc1ccc(CN2CCC3(CC2)C(=O)N(CCCc2cccnc2)C(=O)N3CC(C)C)cc1. The predicted molar refractivity (Wildman–Crippen MR) is 131 cm³/mol. The number of carbonyl (C=O) groups excluding carboxylic acids is 2. The molecule has 0 bridgehead atoms. The molecule has 1 aromatic carbocycles. The van der Waals surface area contributed by atoms with E-state index in [1.54, 1.807) is 13.3 Å². The Morgan fingerprint density at radius 2 is 1.79 bits per heavy atom. The van der Waals surface area contributed by atoms with Gasteiger partial charge in [0.05, 0.1) is 7.11 Å². The molecule has 0 atom stereocenters. The van der Waals surface area contributed by atoms with Crippen LogP contribution in [0.1, 0.15) is 44.2 Å². The fraction of sp³-hybridized carbons (Fsp3) is 0.519. The summed E-state index contributed by atoms with van der Waals surface area (Å²) in [7, 11) is 1.67. The first kappa shape index (κ1) is 24.2. The molecule has 7 nitrogen and oxygen atoms in total. The number of likely N-dealkylation sites (tertiary alicyclic amines) is 1. The van der Waals surface area contributed by atoms with Crippen molar-refractivity contribution in [2.75, 3.05) is 33.3 Å². The zero-order chi connectivity index (χ0) is 24.1. The number of rotatable bonds is 9. The van der Waals surface area contributed by atoms with Crippen LogP contribution in [0.15, 0.2) is 48.8 Å². The monoisotopic (exact) mass is 464 g/mol. The summed E-state index contributed by atoms with van der Waals surface area (Å²) in [6.07, 6.45) is 6.51. The Bertz CT molecular complexity index is 969. The topological polar surface area (TPSA) is 66.0 Å². The molecule has 0 N–H and O–H groups in total. The first-order valence-corrected chi connectivity index (χ1v) is 12.3. The summed E-state index contributed by atoms with van der Waals surface area (Å²) in [6.45, 7) is 7.71. The normalized spacial score (nSPS) is 18.4. The maximum atomic E-state index is 13.7. The summed E-state index contributed by atoms with van der Waals surface area (Å²) in [5, 5.41) is 0. The van der Waals surface area contributed by atoms with Gasteiger partial charge in [0, 0.05) is 45.1 Å². The van der Waals surface area contributed by atoms with E-state index < -0.39 is 5.54 Å². The molecular formula is C27H36N4O3. The molecule has 7 heteroatoms. The second-order valence-electron chi connectivity index (χ2n) is 9.86. The molecular weight excluding hydrogens is 428 g/mol. The zero-order valence-corrected chi connectivity index (χ0v) is 20.6. The van der Waals surface area contributed by atoms with E-state index in [2.05, 4.69) is 35.9 Å². The predicted octanol–water partition coefficient (Wildman–Crippen LogP) is 3.98. The second kappa shape index (κ2) is 10.6. The number of amides is 3. The smallest absolute Gasteiger partial charge is 0.327 e. The summed E-state index contributed by atoms with van der Waals surface area (Å²) in [5.41, 5.74) is 1.65. The molecule has 34 heavy (non-hydrogen) atoms. The first-order valence-electron chi connectivity index (χ1n) is 12.3. The lowest BCUT2D eigenvalue weighted by Gasteiger charge is -2.42. The van der Waals surface area contributed by atoms with Gasteiger partial charge in [0.15, 0.2) is 0 Å². The fourth-order valence-corrected chi connectivity index (χ4v) is 5.14. The summed E-state index contributed by atoms with van der Waals surface area (Å²) in [4.78, 5) is 37.0. The standard InChI is InChI=1S/C27H36N4O3/c1-21(2)19-31-26(33)30(15-5-7-22-6-4-14-28-18-22)25(32)27(31)12-16-29(17-13-27)20-23-8-10-24(34-3)11-9-23/h4,6,8-11,14,18,21H,5,7,12-13,15-17,19-20H2,1-3H3. The van der Waals surface area contributed by atoms with Crippen LogP contribution in [0.4, 0.5) is 4.79 Å². The van der Waals surface area contributed by atoms with Crippen molar-refractivity contribution >= 4 is 11.9 Å². The van der Waals surface area contributed by atoms with Crippen LogP contribution >= 0.6 is 0 Å². The van der Waals surface area contributed by atoms with Crippen molar-refractivity contribution in [3.8, 4) is 5.75 Å². The maximum absolute atomic E-state index is 13.7. The van der Waals surface area contributed by atoms with E-state index in [1.807, 2.05) is 35.4 Å². The molecule has 0 aliphatic carbocycles. The molecule has 4 rings (SSSR count). The van der Waals surface area contributed by atoms with E-state index in [-0.39, 0.29) is 11.9 Å². The van der Waals surface area contributed by atoms with Gasteiger partial charge in [-0.2, -0.15) is 0 Å². The van der Waals surface area contributed by atoms with E-state index in [4.69, 9.17) is 4.74 Å². The largest absolute Gasteiger partial charge is 0.497 e. The molecule has 0 saturated carbocycles. The maximum Gasteiger partial charge on any atom is 0.327 e. The third-order valence-corrected chi connectivity index (χ3v) is 6.99. The third-order valence-electron chi connectivity index (χ3n) is 6.99.